The average molecular weight is 199 g/mol. The maximum absolute atomic E-state index is 5.76. The predicted molar refractivity (Wildman–Crippen MR) is 55.2 cm³/mol. The minimum absolute atomic E-state index is 0.203. The quantitative estimate of drug-likeness (QED) is 0.640. The van der Waals surface area contributed by atoms with Gasteiger partial charge in [-0.3, -0.25) is 4.90 Å². The summed E-state index contributed by atoms with van der Waals surface area (Å²) in [6.45, 7) is 6.85. The van der Waals surface area contributed by atoms with Gasteiger partial charge in [0, 0.05) is 12.1 Å². The molecular formula is C11H21NO2. The van der Waals surface area contributed by atoms with Gasteiger partial charge in [-0.1, -0.05) is 6.42 Å². The van der Waals surface area contributed by atoms with Gasteiger partial charge in [-0.15, -0.1) is 0 Å². The molecule has 0 saturated carbocycles. The van der Waals surface area contributed by atoms with Crippen molar-refractivity contribution in [3.05, 3.63) is 0 Å². The molecule has 0 spiro atoms. The molecule has 14 heavy (non-hydrogen) atoms. The molecule has 0 N–H and O–H groups in total. The van der Waals surface area contributed by atoms with Crippen molar-refractivity contribution in [3.8, 4) is 0 Å². The molecule has 0 aromatic rings. The monoisotopic (exact) mass is 199 g/mol. The summed E-state index contributed by atoms with van der Waals surface area (Å²) in [5, 5.41) is 0. The Morgan fingerprint density at radius 3 is 2.36 bits per heavy atom. The second kappa shape index (κ2) is 4.60. The molecule has 2 aliphatic rings. The van der Waals surface area contributed by atoms with E-state index in [9.17, 15) is 0 Å². The van der Waals surface area contributed by atoms with E-state index >= 15 is 0 Å². The highest BCUT2D eigenvalue weighted by molar-refractivity contribution is 4.82. The lowest BCUT2D eigenvalue weighted by atomic mass is 9.97. The summed E-state index contributed by atoms with van der Waals surface area (Å²) < 4.78 is 11.2. The van der Waals surface area contributed by atoms with E-state index in [-0.39, 0.29) is 6.23 Å². The SMILES string of the molecule is CC1CCCC(C)N1C1COCCO1. The molecule has 82 valence electrons. The maximum atomic E-state index is 5.76. The Morgan fingerprint density at radius 1 is 1.07 bits per heavy atom. The van der Waals surface area contributed by atoms with E-state index in [4.69, 9.17) is 9.47 Å². The van der Waals surface area contributed by atoms with Gasteiger partial charge in [0.15, 0.2) is 0 Å². The average Bonchev–Trinajstić information content (AvgIpc) is 2.19. The van der Waals surface area contributed by atoms with Crippen molar-refractivity contribution < 1.29 is 9.47 Å². The molecule has 2 rings (SSSR count). The van der Waals surface area contributed by atoms with Gasteiger partial charge in [0.25, 0.3) is 0 Å². The number of nitrogens with zero attached hydrogens (tertiary/aromatic N) is 1. The number of likely N-dealkylation sites (tertiary alicyclic amines) is 1. The highest BCUT2D eigenvalue weighted by Crippen LogP contribution is 2.26. The lowest BCUT2D eigenvalue weighted by Crippen LogP contribution is -2.54. The lowest BCUT2D eigenvalue weighted by Gasteiger charge is -2.44. The molecule has 0 bridgehead atoms. The van der Waals surface area contributed by atoms with E-state index in [0.29, 0.717) is 12.1 Å². The summed E-state index contributed by atoms with van der Waals surface area (Å²) in [4.78, 5) is 2.49. The van der Waals surface area contributed by atoms with Gasteiger partial charge in [-0.2, -0.15) is 0 Å². The number of ether oxygens (including phenoxy) is 2. The highest BCUT2D eigenvalue weighted by atomic mass is 16.6. The van der Waals surface area contributed by atoms with Gasteiger partial charge < -0.3 is 9.47 Å². The van der Waals surface area contributed by atoms with E-state index in [1.165, 1.54) is 19.3 Å². The van der Waals surface area contributed by atoms with Gasteiger partial charge in [-0.25, -0.2) is 0 Å². The zero-order chi connectivity index (χ0) is 9.97. The number of rotatable bonds is 1. The second-order valence-corrected chi connectivity index (χ2v) is 4.48. The van der Waals surface area contributed by atoms with Crippen LogP contribution in [0, 0.1) is 0 Å². The molecule has 3 nitrogen and oxygen atoms in total. The molecule has 3 unspecified atom stereocenters. The third-order valence-electron chi connectivity index (χ3n) is 3.39. The minimum Gasteiger partial charge on any atom is -0.375 e. The molecule has 0 radical (unpaired) electrons. The second-order valence-electron chi connectivity index (χ2n) is 4.48. The molecule has 2 fully saturated rings. The normalized spacial score (nSPS) is 41.1. The van der Waals surface area contributed by atoms with Crippen LogP contribution in [0.2, 0.25) is 0 Å². The third kappa shape index (κ3) is 2.10. The van der Waals surface area contributed by atoms with Crippen LogP contribution in [0.1, 0.15) is 33.1 Å². The molecule has 0 aliphatic carbocycles. The first-order valence-corrected chi connectivity index (χ1v) is 5.76. The Morgan fingerprint density at radius 2 is 1.79 bits per heavy atom. The summed E-state index contributed by atoms with van der Waals surface area (Å²) >= 11 is 0. The van der Waals surface area contributed by atoms with Crippen LogP contribution in [0.5, 0.6) is 0 Å². The largest absolute Gasteiger partial charge is 0.375 e. The van der Waals surface area contributed by atoms with Crippen LogP contribution in [0.15, 0.2) is 0 Å². The van der Waals surface area contributed by atoms with Crippen molar-refractivity contribution in [2.24, 2.45) is 0 Å². The van der Waals surface area contributed by atoms with Gasteiger partial charge in [0.2, 0.25) is 0 Å². The fourth-order valence-electron chi connectivity index (χ4n) is 2.66. The molecule has 2 heterocycles. The smallest absolute Gasteiger partial charge is 0.134 e. The van der Waals surface area contributed by atoms with Crippen molar-refractivity contribution in [2.75, 3.05) is 19.8 Å². The number of hydrogen-bond acceptors (Lipinski definition) is 3. The summed E-state index contributed by atoms with van der Waals surface area (Å²) in [5.74, 6) is 0. The Bertz CT molecular complexity index is 170. The van der Waals surface area contributed by atoms with E-state index in [0.717, 1.165) is 19.8 Å². The van der Waals surface area contributed by atoms with E-state index in [1.54, 1.807) is 0 Å². The summed E-state index contributed by atoms with van der Waals surface area (Å²) in [7, 11) is 0. The molecule has 3 heteroatoms. The molecule has 3 atom stereocenters. The molecule has 0 aromatic carbocycles. The number of hydrogen-bond donors (Lipinski definition) is 0. The summed E-state index contributed by atoms with van der Waals surface area (Å²) in [6.07, 6.45) is 4.15. The molecular weight excluding hydrogens is 178 g/mol. The van der Waals surface area contributed by atoms with Crippen LogP contribution in [0.3, 0.4) is 0 Å². The Labute approximate surface area is 86.4 Å². The van der Waals surface area contributed by atoms with E-state index < -0.39 is 0 Å². The molecule has 0 amide bonds. The van der Waals surface area contributed by atoms with Crippen LogP contribution in [0.4, 0.5) is 0 Å². The fraction of sp³-hybridized carbons (Fsp3) is 1.00. The highest BCUT2D eigenvalue weighted by Gasteiger charge is 2.32. The topological polar surface area (TPSA) is 21.7 Å². The summed E-state index contributed by atoms with van der Waals surface area (Å²) in [6, 6.07) is 1.29. The van der Waals surface area contributed by atoms with Gasteiger partial charge in [0.05, 0.1) is 19.8 Å². The molecule has 0 aromatic heterocycles. The fourth-order valence-corrected chi connectivity index (χ4v) is 2.66. The first-order valence-electron chi connectivity index (χ1n) is 5.76. The molecule has 2 saturated heterocycles. The molecule has 2 aliphatic heterocycles. The third-order valence-corrected chi connectivity index (χ3v) is 3.39. The van der Waals surface area contributed by atoms with Gasteiger partial charge in [0.1, 0.15) is 6.23 Å². The van der Waals surface area contributed by atoms with Crippen molar-refractivity contribution in [2.45, 2.75) is 51.4 Å². The van der Waals surface area contributed by atoms with Crippen LogP contribution >= 0.6 is 0 Å². The maximum Gasteiger partial charge on any atom is 0.134 e. The van der Waals surface area contributed by atoms with Crippen LogP contribution in [-0.4, -0.2) is 43.0 Å². The minimum atomic E-state index is 0.203. The van der Waals surface area contributed by atoms with Crippen LogP contribution in [-0.2, 0) is 9.47 Å². The zero-order valence-electron chi connectivity index (χ0n) is 9.24. The van der Waals surface area contributed by atoms with Crippen molar-refractivity contribution >= 4 is 0 Å². The Hall–Kier alpha value is -0.120. The van der Waals surface area contributed by atoms with Crippen molar-refractivity contribution in [3.63, 3.8) is 0 Å². The van der Waals surface area contributed by atoms with E-state index in [1.807, 2.05) is 0 Å². The lowest BCUT2D eigenvalue weighted by molar-refractivity contribution is -0.179. The first kappa shape index (κ1) is 10.4. The predicted octanol–water partition coefficient (Wildman–Crippen LogP) is 1.62. The Balaban J connectivity index is 1.97. The van der Waals surface area contributed by atoms with Crippen molar-refractivity contribution in [1.29, 1.82) is 0 Å². The van der Waals surface area contributed by atoms with Gasteiger partial charge >= 0.3 is 0 Å². The Kier molecular flexibility index (Phi) is 3.42. The van der Waals surface area contributed by atoms with Crippen molar-refractivity contribution in [1.82, 2.24) is 4.90 Å². The van der Waals surface area contributed by atoms with Crippen LogP contribution in [0.25, 0.3) is 0 Å². The van der Waals surface area contributed by atoms with Gasteiger partial charge in [-0.05, 0) is 26.7 Å². The summed E-state index contributed by atoms with van der Waals surface area (Å²) in [5.41, 5.74) is 0. The van der Waals surface area contributed by atoms with E-state index in [2.05, 4.69) is 18.7 Å². The number of piperidine rings is 1. The first-order chi connectivity index (χ1) is 6.79. The standard InChI is InChI=1S/C11H21NO2/c1-9-4-3-5-10(2)12(9)11-8-13-6-7-14-11/h9-11H,3-8H2,1-2H3. The zero-order valence-corrected chi connectivity index (χ0v) is 9.24. The van der Waals surface area contributed by atoms with Crippen LogP contribution < -0.4 is 0 Å².